The van der Waals surface area contributed by atoms with Crippen LogP contribution in [0.5, 0.6) is 11.5 Å². The molecule has 0 saturated heterocycles. The number of hydrogen-bond donors (Lipinski definition) is 0. The van der Waals surface area contributed by atoms with Gasteiger partial charge in [-0.05, 0) is 40.2 Å². The molecule has 2 heterocycles. The largest absolute Gasteiger partial charge is 0.486 e. The Hall–Kier alpha value is -1.27. The fourth-order valence-electron chi connectivity index (χ4n) is 1.68. The second-order valence-corrected chi connectivity index (χ2v) is 5.83. The van der Waals surface area contributed by atoms with Crippen LogP contribution in [0.2, 0.25) is 0 Å². The van der Waals surface area contributed by atoms with E-state index in [1.54, 1.807) is 6.20 Å². The molecule has 6 heteroatoms. The number of nitrogens with zero attached hydrogens (tertiary/aromatic N) is 1. The van der Waals surface area contributed by atoms with Gasteiger partial charge in [0.25, 0.3) is 0 Å². The molecule has 0 amide bonds. The Labute approximate surface area is 122 Å². The third-order valence-electron chi connectivity index (χ3n) is 2.50. The zero-order chi connectivity index (χ0) is 13.2. The molecule has 0 aliphatic carbocycles. The minimum absolute atomic E-state index is 0.333. The lowest BCUT2D eigenvalue weighted by atomic mass is 10.3. The lowest BCUT2D eigenvalue weighted by Gasteiger charge is -2.18. The van der Waals surface area contributed by atoms with Gasteiger partial charge in [0.05, 0.1) is 0 Å². The molecule has 98 valence electrons. The van der Waals surface area contributed by atoms with Gasteiger partial charge in [0.15, 0.2) is 17.3 Å². The van der Waals surface area contributed by atoms with E-state index in [1.807, 2.05) is 18.2 Å². The highest BCUT2D eigenvalue weighted by atomic mass is 79.9. The summed E-state index contributed by atoms with van der Waals surface area (Å²) in [6.45, 7) is 1.09. The van der Waals surface area contributed by atoms with Crippen molar-refractivity contribution in [1.29, 1.82) is 0 Å². The second kappa shape index (κ2) is 5.38. The Morgan fingerprint density at radius 3 is 2.74 bits per heavy atom. The highest BCUT2D eigenvalue weighted by molar-refractivity contribution is 9.10. The van der Waals surface area contributed by atoms with E-state index in [1.165, 1.54) is 17.8 Å². The third kappa shape index (κ3) is 2.84. The smallest absolute Gasteiger partial charge is 0.162 e. The maximum Gasteiger partial charge on any atom is 0.162 e. The molecule has 0 spiro atoms. The topological polar surface area (TPSA) is 31.4 Å². The maximum atomic E-state index is 13.7. The number of benzene rings is 1. The summed E-state index contributed by atoms with van der Waals surface area (Å²) in [6, 6.07) is 6.92. The first-order valence-corrected chi connectivity index (χ1v) is 7.22. The van der Waals surface area contributed by atoms with Gasteiger partial charge in [-0.25, -0.2) is 9.37 Å². The molecule has 19 heavy (non-hydrogen) atoms. The fraction of sp³-hybridized carbons (Fsp3) is 0.154. The number of hydrogen-bond acceptors (Lipinski definition) is 4. The van der Waals surface area contributed by atoms with Crippen LogP contribution in [0.15, 0.2) is 44.9 Å². The van der Waals surface area contributed by atoms with E-state index in [0.29, 0.717) is 28.5 Å². The highest BCUT2D eigenvalue weighted by Gasteiger charge is 2.13. The lowest BCUT2D eigenvalue weighted by Crippen LogP contribution is -2.15. The number of halogens is 2. The van der Waals surface area contributed by atoms with Gasteiger partial charge >= 0.3 is 0 Å². The first-order valence-electron chi connectivity index (χ1n) is 5.61. The van der Waals surface area contributed by atoms with Gasteiger partial charge < -0.3 is 9.47 Å². The van der Waals surface area contributed by atoms with Crippen LogP contribution in [0.1, 0.15) is 0 Å². The van der Waals surface area contributed by atoms with Crippen LogP contribution in [0.25, 0.3) is 0 Å². The molecule has 3 rings (SSSR count). The van der Waals surface area contributed by atoms with Crippen molar-refractivity contribution in [1.82, 2.24) is 4.98 Å². The zero-order valence-corrected chi connectivity index (χ0v) is 12.1. The van der Waals surface area contributed by atoms with E-state index in [0.717, 1.165) is 10.6 Å². The Bertz CT molecular complexity index is 624. The number of aromatic nitrogens is 1. The summed E-state index contributed by atoms with van der Waals surface area (Å²) < 4.78 is 25.3. The van der Waals surface area contributed by atoms with Gasteiger partial charge in [0.1, 0.15) is 18.2 Å². The monoisotopic (exact) mass is 341 g/mol. The molecule has 0 N–H and O–H groups in total. The molecule has 0 atom stereocenters. The summed E-state index contributed by atoms with van der Waals surface area (Å²) in [6.07, 6.45) is 1.57. The van der Waals surface area contributed by atoms with E-state index >= 15 is 0 Å². The molecule has 0 bridgehead atoms. The molecule has 0 radical (unpaired) electrons. The second-order valence-electron chi connectivity index (χ2n) is 3.85. The lowest BCUT2D eigenvalue weighted by molar-refractivity contribution is 0.171. The Balaban J connectivity index is 1.87. The molecule has 0 fully saturated rings. The van der Waals surface area contributed by atoms with Gasteiger partial charge in [0, 0.05) is 15.6 Å². The van der Waals surface area contributed by atoms with Crippen LogP contribution in [-0.2, 0) is 0 Å². The maximum absolute atomic E-state index is 13.7. The number of pyridine rings is 1. The standard InChI is InChI=1S/C13H9BrFNO2S/c14-8-5-10(15)13(16-7-8)19-9-1-2-11-12(6-9)18-4-3-17-11/h1-2,5-7H,3-4H2. The van der Waals surface area contributed by atoms with Crippen molar-refractivity contribution >= 4 is 27.7 Å². The van der Waals surface area contributed by atoms with Gasteiger partial charge in [-0.3, -0.25) is 0 Å². The third-order valence-corrected chi connectivity index (χ3v) is 3.92. The van der Waals surface area contributed by atoms with E-state index in [4.69, 9.17) is 9.47 Å². The Morgan fingerprint density at radius 1 is 1.16 bits per heavy atom. The molecule has 0 unspecified atom stereocenters. The molecule has 3 nitrogen and oxygen atoms in total. The van der Waals surface area contributed by atoms with Crippen LogP contribution < -0.4 is 9.47 Å². The number of fused-ring (bicyclic) bond motifs is 1. The van der Waals surface area contributed by atoms with E-state index in [-0.39, 0.29) is 5.82 Å². The SMILES string of the molecule is Fc1cc(Br)cnc1Sc1ccc2c(c1)OCCO2. The van der Waals surface area contributed by atoms with Crippen LogP contribution in [0, 0.1) is 5.82 Å². The molecule has 0 saturated carbocycles. The van der Waals surface area contributed by atoms with Crippen LogP contribution in [0.3, 0.4) is 0 Å². The summed E-state index contributed by atoms with van der Waals surface area (Å²) in [4.78, 5) is 4.91. The summed E-state index contributed by atoms with van der Waals surface area (Å²) >= 11 is 4.44. The first-order chi connectivity index (χ1) is 9.22. The average molecular weight is 342 g/mol. The Kier molecular flexibility index (Phi) is 3.61. The molecular formula is C13H9BrFNO2S. The average Bonchev–Trinajstić information content (AvgIpc) is 2.42. The van der Waals surface area contributed by atoms with Crippen molar-refractivity contribution in [3.05, 3.63) is 40.8 Å². The quantitative estimate of drug-likeness (QED) is 0.828. The van der Waals surface area contributed by atoms with E-state index in [2.05, 4.69) is 20.9 Å². The zero-order valence-electron chi connectivity index (χ0n) is 9.73. The minimum atomic E-state index is -0.353. The number of rotatable bonds is 2. The fourth-order valence-corrected chi connectivity index (χ4v) is 2.77. The van der Waals surface area contributed by atoms with Crippen molar-refractivity contribution in [3.63, 3.8) is 0 Å². The van der Waals surface area contributed by atoms with Crippen molar-refractivity contribution in [3.8, 4) is 11.5 Å². The molecular weight excluding hydrogens is 333 g/mol. The van der Waals surface area contributed by atoms with Crippen molar-refractivity contribution in [2.24, 2.45) is 0 Å². The summed E-state index contributed by atoms with van der Waals surface area (Å²) in [5.74, 6) is 1.06. The van der Waals surface area contributed by atoms with Crippen LogP contribution in [0.4, 0.5) is 4.39 Å². The van der Waals surface area contributed by atoms with Crippen molar-refractivity contribution in [2.75, 3.05) is 13.2 Å². The van der Waals surface area contributed by atoms with Gasteiger partial charge in [-0.1, -0.05) is 11.8 Å². The predicted octanol–water partition coefficient (Wildman–Crippen LogP) is 3.91. The minimum Gasteiger partial charge on any atom is -0.486 e. The van der Waals surface area contributed by atoms with E-state index < -0.39 is 0 Å². The molecule has 1 aliphatic heterocycles. The van der Waals surface area contributed by atoms with E-state index in [9.17, 15) is 4.39 Å². The molecule has 1 aromatic carbocycles. The number of ether oxygens (including phenoxy) is 2. The van der Waals surface area contributed by atoms with Gasteiger partial charge in [-0.2, -0.15) is 0 Å². The molecule has 1 aromatic heterocycles. The molecule has 2 aromatic rings. The van der Waals surface area contributed by atoms with Crippen molar-refractivity contribution in [2.45, 2.75) is 9.92 Å². The van der Waals surface area contributed by atoms with Gasteiger partial charge in [0.2, 0.25) is 0 Å². The predicted molar refractivity (Wildman–Crippen MR) is 73.5 cm³/mol. The van der Waals surface area contributed by atoms with Crippen molar-refractivity contribution < 1.29 is 13.9 Å². The summed E-state index contributed by atoms with van der Waals surface area (Å²) in [5.41, 5.74) is 0. The first kappa shape index (κ1) is 12.7. The Morgan fingerprint density at radius 2 is 1.95 bits per heavy atom. The van der Waals surface area contributed by atoms with Gasteiger partial charge in [-0.15, -0.1) is 0 Å². The molecule has 1 aliphatic rings. The summed E-state index contributed by atoms with van der Waals surface area (Å²) in [7, 11) is 0. The highest BCUT2D eigenvalue weighted by Crippen LogP contribution is 2.37. The van der Waals surface area contributed by atoms with Crippen LogP contribution in [-0.4, -0.2) is 18.2 Å². The normalized spacial score (nSPS) is 13.4. The summed E-state index contributed by atoms with van der Waals surface area (Å²) in [5, 5.41) is 0.333. The van der Waals surface area contributed by atoms with Crippen LogP contribution >= 0.6 is 27.7 Å².